The molecule has 5 nitrogen and oxygen atoms in total. The fourth-order valence-corrected chi connectivity index (χ4v) is 2.43. The van der Waals surface area contributed by atoms with E-state index in [1.165, 1.54) is 0 Å². The van der Waals surface area contributed by atoms with E-state index in [-0.39, 0.29) is 5.91 Å². The maximum absolute atomic E-state index is 12.3. The van der Waals surface area contributed by atoms with Crippen LogP contribution in [-0.2, 0) is 11.3 Å². The van der Waals surface area contributed by atoms with Gasteiger partial charge in [0.15, 0.2) is 0 Å². The highest BCUT2D eigenvalue weighted by molar-refractivity contribution is 5.94. The van der Waals surface area contributed by atoms with Crippen LogP contribution >= 0.6 is 0 Å². The van der Waals surface area contributed by atoms with Crippen molar-refractivity contribution in [1.29, 1.82) is 0 Å². The number of carbonyl (C=O) groups excluding carboxylic acids is 1. The van der Waals surface area contributed by atoms with Crippen LogP contribution in [-0.4, -0.2) is 41.8 Å². The number of ether oxygens (including phenoxy) is 1. The summed E-state index contributed by atoms with van der Waals surface area (Å²) in [4.78, 5) is 12.3. The van der Waals surface area contributed by atoms with Crippen LogP contribution < -0.4 is 5.43 Å². The molecule has 1 fully saturated rings. The number of hydrogen-bond donors (Lipinski definition) is 1. The van der Waals surface area contributed by atoms with Crippen molar-refractivity contribution >= 4 is 5.91 Å². The van der Waals surface area contributed by atoms with Gasteiger partial charge in [-0.2, -0.15) is 0 Å². The standard InChI is InChI=1S/C13H21N3O2/c1-4-16-11(3)9-10(2)12(16)13(17)14-15-5-7-18-8-6-15/h9H,4-8H2,1-3H3,(H,14,17). The zero-order valence-corrected chi connectivity index (χ0v) is 11.3. The largest absolute Gasteiger partial charge is 0.379 e. The van der Waals surface area contributed by atoms with Crippen molar-refractivity contribution in [2.45, 2.75) is 27.3 Å². The second-order valence-corrected chi connectivity index (χ2v) is 4.60. The van der Waals surface area contributed by atoms with Gasteiger partial charge in [-0.1, -0.05) is 0 Å². The summed E-state index contributed by atoms with van der Waals surface area (Å²) in [6.45, 7) is 9.71. The first kappa shape index (κ1) is 13.1. The summed E-state index contributed by atoms with van der Waals surface area (Å²) in [5.74, 6) is -0.0237. The first-order chi connectivity index (χ1) is 8.63. The van der Waals surface area contributed by atoms with Crippen molar-refractivity contribution in [2.24, 2.45) is 0 Å². The molecule has 1 aliphatic heterocycles. The number of nitrogens with one attached hydrogen (secondary N) is 1. The second kappa shape index (κ2) is 5.54. The molecular weight excluding hydrogens is 230 g/mol. The molecule has 1 aliphatic rings. The van der Waals surface area contributed by atoms with Crippen LogP contribution in [0, 0.1) is 13.8 Å². The van der Waals surface area contributed by atoms with Crippen molar-refractivity contribution in [3.05, 3.63) is 23.0 Å². The number of hydrazine groups is 1. The van der Waals surface area contributed by atoms with Crippen LogP contribution in [0.15, 0.2) is 6.07 Å². The molecule has 5 heteroatoms. The number of rotatable bonds is 3. The highest BCUT2D eigenvalue weighted by Gasteiger charge is 2.19. The number of morpholine rings is 1. The topological polar surface area (TPSA) is 46.5 Å². The van der Waals surface area contributed by atoms with Crippen LogP contribution in [0.1, 0.15) is 28.7 Å². The third-order valence-electron chi connectivity index (χ3n) is 3.30. The molecule has 0 radical (unpaired) electrons. The van der Waals surface area contributed by atoms with E-state index in [2.05, 4.69) is 18.4 Å². The third-order valence-corrected chi connectivity index (χ3v) is 3.30. The van der Waals surface area contributed by atoms with Crippen LogP contribution in [0.2, 0.25) is 0 Å². The molecule has 0 bridgehead atoms. The zero-order valence-electron chi connectivity index (χ0n) is 11.3. The molecule has 1 aromatic rings. The van der Waals surface area contributed by atoms with Gasteiger partial charge in [-0.05, 0) is 32.4 Å². The SMILES string of the molecule is CCn1c(C)cc(C)c1C(=O)NN1CCOCC1. The minimum absolute atomic E-state index is 0.0237. The summed E-state index contributed by atoms with van der Waals surface area (Å²) in [5.41, 5.74) is 5.88. The Bertz CT molecular complexity index is 434. The predicted octanol–water partition coefficient (Wildman–Crippen LogP) is 1.10. The van der Waals surface area contributed by atoms with Crippen molar-refractivity contribution in [2.75, 3.05) is 26.3 Å². The first-order valence-corrected chi connectivity index (χ1v) is 6.44. The Morgan fingerprint density at radius 3 is 2.67 bits per heavy atom. The van der Waals surface area contributed by atoms with E-state index >= 15 is 0 Å². The monoisotopic (exact) mass is 251 g/mol. The fourth-order valence-electron chi connectivity index (χ4n) is 2.43. The van der Waals surface area contributed by atoms with Crippen molar-refractivity contribution in [1.82, 2.24) is 15.0 Å². The first-order valence-electron chi connectivity index (χ1n) is 6.44. The summed E-state index contributed by atoms with van der Waals surface area (Å²) in [7, 11) is 0. The van der Waals surface area contributed by atoms with Gasteiger partial charge in [-0.15, -0.1) is 0 Å². The normalized spacial score (nSPS) is 16.8. The number of aromatic nitrogens is 1. The summed E-state index contributed by atoms with van der Waals surface area (Å²) < 4.78 is 7.31. The highest BCUT2D eigenvalue weighted by Crippen LogP contribution is 2.15. The Kier molecular flexibility index (Phi) is 4.04. The molecule has 0 spiro atoms. The summed E-state index contributed by atoms with van der Waals surface area (Å²) >= 11 is 0. The molecule has 1 saturated heterocycles. The molecule has 0 atom stereocenters. The number of nitrogens with zero attached hydrogens (tertiary/aromatic N) is 2. The van der Waals surface area contributed by atoms with Crippen molar-refractivity contribution < 1.29 is 9.53 Å². The Morgan fingerprint density at radius 2 is 2.06 bits per heavy atom. The average molecular weight is 251 g/mol. The lowest BCUT2D eigenvalue weighted by atomic mass is 10.2. The van der Waals surface area contributed by atoms with Crippen LogP contribution in [0.4, 0.5) is 0 Å². The van der Waals surface area contributed by atoms with Crippen LogP contribution in [0.3, 0.4) is 0 Å². The van der Waals surface area contributed by atoms with Crippen LogP contribution in [0.5, 0.6) is 0 Å². The molecule has 2 heterocycles. The molecular formula is C13H21N3O2. The molecule has 100 valence electrons. The third kappa shape index (κ3) is 2.57. The predicted molar refractivity (Wildman–Crippen MR) is 69.4 cm³/mol. The molecule has 0 saturated carbocycles. The fraction of sp³-hybridized carbons (Fsp3) is 0.615. The molecule has 0 aliphatic carbocycles. The molecule has 2 rings (SSSR count). The summed E-state index contributed by atoms with van der Waals surface area (Å²) in [6.07, 6.45) is 0. The molecule has 0 unspecified atom stereocenters. The van der Waals surface area contributed by atoms with Gasteiger partial charge < -0.3 is 9.30 Å². The van der Waals surface area contributed by atoms with E-state index in [0.29, 0.717) is 13.2 Å². The maximum atomic E-state index is 12.3. The zero-order chi connectivity index (χ0) is 13.1. The van der Waals surface area contributed by atoms with Gasteiger partial charge in [0, 0.05) is 25.3 Å². The Morgan fingerprint density at radius 1 is 1.39 bits per heavy atom. The van der Waals surface area contributed by atoms with E-state index in [1.807, 2.05) is 23.4 Å². The van der Waals surface area contributed by atoms with Crippen molar-refractivity contribution in [3.8, 4) is 0 Å². The van der Waals surface area contributed by atoms with Crippen LogP contribution in [0.25, 0.3) is 0 Å². The minimum atomic E-state index is -0.0237. The van der Waals surface area contributed by atoms with Gasteiger partial charge >= 0.3 is 0 Å². The molecule has 0 aromatic carbocycles. The molecule has 1 amide bonds. The number of hydrogen-bond acceptors (Lipinski definition) is 3. The highest BCUT2D eigenvalue weighted by atomic mass is 16.5. The minimum Gasteiger partial charge on any atom is -0.379 e. The Labute approximate surface area is 108 Å². The van der Waals surface area contributed by atoms with Gasteiger partial charge in [0.2, 0.25) is 0 Å². The van der Waals surface area contributed by atoms with Gasteiger partial charge in [0.1, 0.15) is 5.69 Å². The van der Waals surface area contributed by atoms with E-state index < -0.39 is 0 Å². The van der Waals surface area contributed by atoms with Gasteiger partial charge in [-0.25, -0.2) is 5.01 Å². The summed E-state index contributed by atoms with van der Waals surface area (Å²) in [5, 5.41) is 1.92. The number of aryl methyl sites for hydroxylation is 2. The number of carbonyl (C=O) groups is 1. The van der Waals surface area contributed by atoms with Gasteiger partial charge in [0.25, 0.3) is 5.91 Å². The van der Waals surface area contributed by atoms with E-state index in [4.69, 9.17) is 4.74 Å². The molecule has 1 aromatic heterocycles. The van der Waals surface area contributed by atoms with Crippen molar-refractivity contribution in [3.63, 3.8) is 0 Å². The average Bonchev–Trinajstić information content (AvgIpc) is 2.64. The quantitative estimate of drug-likeness (QED) is 0.875. The summed E-state index contributed by atoms with van der Waals surface area (Å²) in [6, 6.07) is 2.05. The van der Waals surface area contributed by atoms with E-state index in [0.717, 1.165) is 36.6 Å². The molecule has 18 heavy (non-hydrogen) atoms. The van der Waals surface area contributed by atoms with E-state index in [1.54, 1.807) is 0 Å². The number of amides is 1. The smallest absolute Gasteiger partial charge is 0.282 e. The van der Waals surface area contributed by atoms with Gasteiger partial charge in [0.05, 0.1) is 13.2 Å². The second-order valence-electron chi connectivity index (χ2n) is 4.60. The Balaban J connectivity index is 2.12. The Hall–Kier alpha value is -1.33. The lowest BCUT2D eigenvalue weighted by molar-refractivity contribution is 0.0123. The van der Waals surface area contributed by atoms with Gasteiger partial charge in [-0.3, -0.25) is 10.2 Å². The lowest BCUT2D eigenvalue weighted by Gasteiger charge is -2.27. The van der Waals surface area contributed by atoms with E-state index in [9.17, 15) is 4.79 Å². The molecule has 1 N–H and O–H groups in total. The lowest BCUT2D eigenvalue weighted by Crippen LogP contribution is -2.48. The maximum Gasteiger partial charge on any atom is 0.282 e.